The summed E-state index contributed by atoms with van der Waals surface area (Å²) in [5.74, 6) is 0.347. The minimum atomic E-state index is -4.41. The zero-order valence-electron chi connectivity index (χ0n) is 10.8. The fourth-order valence-electron chi connectivity index (χ4n) is 1.70. The van der Waals surface area contributed by atoms with Gasteiger partial charge in [0.15, 0.2) is 11.5 Å². The largest absolute Gasteiger partial charge is 0.493 e. The van der Waals surface area contributed by atoms with Gasteiger partial charge in [-0.2, -0.15) is 13.2 Å². The summed E-state index contributed by atoms with van der Waals surface area (Å²) < 4.78 is 48.4. The summed E-state index contributed by atoms with van der Waals surface area (Å²) in [6.45, 7) is 0.179. The van der Waals surface area contributed by atoms with Gasteiger partial charge >= 0.3 is 6.18 Å². The summed E-state index contributed by atoms with van der Waals surface area (Å²) in [5.41, 5.74) is 0.105. The fraction of sp³-hybridized carbons (Fsp3) is 0.200. The van der Waals surface area contributed by atoms with Crippen molar-refractivity contribution < 1.29 is 22.6 Å². The van der Waals surface area contributed by atoms with Crippen molar-refractivity contribution in [3.05, 3.63) is 59.7 Å². The van der Waals surface area contributed by atoms with Crippen molar-refractivity contribution in [3.8, 4) is 11.5 Å². The van der Waals surface area contributed by atoms with E-state index >= 15 is 0 Å². The third-order valence-electron chi connectivity index (χ3n) is 2.73. The first-order valence-corrected chi connectivity index (χ1v) is 5.92. The molecule has 2 aromatic carbocycles. The van der Waals surface area contributed by atoms with Crippen LogP contribution < -0.4 is 9.47 Å². The van der Waals surface area contributed by atoms with Gasteiger partial charge in [-0.3, -0.25) is 0 Å². The minimum absolute atomic E-state index is 0.0752. The van der Waals surface area contributed by atoms with Crippen LogP contribution in [0.25, 0.3) is 0 Å². The number of ether oxygens (including phenoxy) is 2. The van der Waals surface area contributed by atoms with Gasteiger partial charge < -0.3 is 9.47 Å². The van der Waals surface area contributed by atoms with Crippen molar-refractivity contribution in [2.45, 2.75) is 12.8 Å². The standard InChI is InChI=1S/C15H13F3O2/c1-19-13-8-7-12(15(16,17)18)9-14(13)20-10-11-5-3-2-4-6-11/h2-9H,10H2,1H3. The quantitative estimate of drug-likeness (QED) is 0.832. The van der Waals surface area contributed by atoms with Gasteiger partial charge in [0.25, 0.3) is 0 Å². The van der Waals surface area contributed by atoms with Crippen molar-refractivity contribution in [2.24, 2.45) is 0 Å². The van der Waals surface area contributed by atoms with Crippen molar-refractivity contribution in [1.29, 1.82) is 0 Å². The van der Waals surface area contributed by atoms with Crippen LogP contribution in [-0.2, 0) is 12.8 Å². The Morgan fingerprint density at radius 3 is 2.25 bits per heavy atom. The predicted molar refractivity (Wildman–Crippen MR) is 68.8 cm³/mol. The van der Waals surface area contributed by atoms with E-state index in [0.29, 0.717) is 0 Å². The number of halogens is 3. The van der Waals surface area contributed by atoms with Crippen LogP contribution in [0.2, 0.25) is 0 Å². The first-order chi connectivity index (χ1) is 9.50. The zero-order chi connectivity index (χ0) is 14.6. The normalized spacial score (nSPS) is 11.2. The molecule has 0 fully saturated rings. The molecule has 106 valence electrons. The van der Waals surface area contributed by atoms with Crippen LogP contribution in [0, 0.1) is 0 Å². The van der Waals surface area contributed by atoms with Gasteiger partial charge in [0.1, 0.15) is 6.61 Å². The maximum Gasteiger partial charge on any atom is 0.416 e. The summed E-state index contributed by atoms with van der Waals surface area (Å²) in [7, 11) is 1.39. The van der Waals surface area contributed by atoms with E-state index < -0.39 is 11.7 Å². The molecule has 2 nitrogen and oxygen atoms in total. The van der Waals surface area contributed by atoms with Gasteiger partial charge in [-0.05, 0) is 23.8 Å². The number of hydrogen-bond donors (Lipinski definition) is 0. The molecule has 0 unspecified atom stereocenters. The summed E-state index contributed by atoms with van der Waals surface area (Å²) in [6.07, 6.45) is -4.41. The SMILES string of the molecule is COc1ccc(C(F)(F)F)cc1OCc1ccccc1. The van der Waals surface area contributed by atoms with Gasteiger partial charge in [-0.15, -0.1) is 0 Å². The predicted octanol–water partition coefficient (Wildman–Crippen LogP) is 4.29. The van der Waals surface area contributed by atoms with Gasteiger partial charge in [-0.25, -0.2) is 0 Å². The number of hydrogen-bond acceptors (Lipinski definition) is 2. The first kappa shape index (κ1) is 14.2. The van der Waals surface area contributed by atoms with E-state index in [1.807, 2.05) is 30.3 Å². The Kier molecular flexibility index (Phi) is 4.17. The molecule has 0 saturated heterocycles. The molecule has 0 aliphatic heterocycles. The Hall–Kier alpha value is -2.17. The molecule has 0 saturated carbocycles. The smallest absolute Gasteiger partial charge is 0.416 e. The Balaban J connectivity index is 2.21. The van der Waals surface area contributed by atoms with Crippen LogP contribution in [0.5, 0.6) is 11.5 Å². The number of benzene rings is 2. The summed E-state index contributed by atoms with van der Waals surface area (Å²) in [4.78, 5) is 0. The second kappa shape index (κ2) is 5.86. The molecule has 0 heterocycles. The number of rotatable bonds is 4. The molecule has 2 rings (SSSR count). The van der Waals surface area contributed by atoms with E-state index in [0.717, 1.165) is 17.7 Å². The van der Waals surface area contributed by atoms with Gasteiger partial charge in [-0.1, -0.05) is 30.3 Å². The Morgan fingerprint density at radius 2 is 1.65 bits per heavy atom. The highest BCUT2D eigenvalue weighted by Crippen LogP contribution is 2.36. The molecular weight excluding hydrogens is 269 g/mol. The van der Waals surface area contributed by atoms with Crippen LogP contribution in [-0.4, -0.2) is 7.11 Å². The molecule has 0 aromatic heterocycles. The first-order valence-electron chi connectivity index (χ1n) is 5.92. The number of alkyl halides is 3. The lowest BCUT2D eigenvalue weighted by Gasteiger charge is -2.13. The molecule has 20 heavy (non-hydrogen) atoms. The topological polar surface area (TPSA) is 18.5 Å². The van der Waals surface area contributed by atoms with Gasteiger partial charge in [0.05, 0.1) is 12.7 Å². The van der Waals surface area contributed by atoms with Crippen molar-refractivity contribution in [2.75, 3.05) is 7.11 Å². The zero-order valence-corrected chi connectivity index (χ0v) is 10.8. The molecule has 0 N–H and O–H groups in total. The molecule has 0 aliphatic carbocycles. The molecule has 0 radical (unpaired) electrons. The maximum absolute atomic E-state index is 12.7. The summed E-state index contributed by atoms with van der Waals surface area (Å²) >= 11 is 0. The lowest BCUT2D eigenvalue weighted by Crippen LogP contribution is -2.06. The third kappa shape index (κ3) is 3.44. The second-order valence-electron chi connectivity index (χ2n) is 4.14. The molecule has 0 bridgehead atoms. The van der Waals surface area contributed by atoms with Crippen LogP contribution in [0.1, 0.15) is 11.1 Å². The lowest BCUT2D eigenvalue weighted by atomic mass is 10.2. The van der Waals surface area contributed by atoms with Crippen LogP contribution in [0.4, 0.5) is 13.2 Å². The Bertz CT molecular complexity index is 565. The molecule has 0 aliphatic rings. The fourth-order valence-corrected chi connectivity index (χ4v) is 1.70. The summed E-state index contributed by atoms with van der Waals surface area (Å²) in [6, 6.07) is 12.4. The van der Waals surface area contributed by atoms with E-state index in [9.17, 15) is 13.2 Å². The molecule has 5 heteroatoms. The molecule has 2 aromatic rings. The lowest BCUT2D eigenvalue weighted by molar-refractivity contribution is -0.137. The molecular formula is C15H13F3O2. The highest BCUT2D eigenvalue weighted by atomic mass is 19.4. The van der Waals surface area contributed by atoms with E-state index in [-0.39, 0.29) is 18.1 Å². The van der Waals surface area contributed by atoms with Crippen molar-refractivity contribution in [1.82, 2.24) is 0 Å². The van der Waals surface area contributed by atoms with Crippen molar-refractivity contribution in [3.63, 3.8) is 0 Å². The number of methoxy groups -OCH3 is 1. The monoisotopic (exact) mass is 282 g/mol. The van der Waals surface area contributed by atoms with E-state index in [2.05, 4.69) is 0 Å². The Morgan fingerprint density at radius 1 is 0.950 bits per heavy atom. The molecule has 0 spiro atoms. The van der Waals surface area contributed by atoms with Gasteiger partial charge in [0.2, 0.25) is 0 Å². The van der Waals surface area contributed by atoms with Crippen LogP contribution in [0.3, 0.4) is 0 Å². The van der Waals surface area contributed by atoms with Gasteiger partial charge in [0, 0.05) is 0 Å². The minimum Gasteiger partial charge on any atom is -0.493 e. The summed E-state index contributed by atoms with van der Waals surface area (Å²) in [5, 5.41) is 0. The second-order valence-corrected chi connectivity index (χ2v) is 4.14. The van der Waals surface area contributed by atoms with E-state index in [1.165, 1.54) is 13.2 Å². The van der Waals surface area contributed by atoms with Crippen LogP contribution in [0.15, 0.2) is 48.5 Å². The highest BCUT2D eigenvalue weighted by Gasteiger charge is 2.31. The van der Waals surface area contributed by atoms with E-state index in [4.69, 9.17) is 9.47 Å². The maximum atomic E-state index is 12.7. The molecule has 0 amide bonds. The van der Waals surface area contributed by atoms with Crippen molar-refractivity contribution >= 4 is 0 Å². The highest BCUT2D eigenvalue weighted by molar-refractivity contribution is 5.43. The average molecular weight is 282 g/mol. The third-order valence-corrected chi connectivity index (χ3v) is 2.73. The Labute approximate surface area is 114 Å². The average Bonchev–Trinajstić information content (AvgIpc) is 2.45. The van der Waals surface area contributed by atoms with Crippen LogP contribution >= 0.6 is 0 Å². The molecule has 0 atom stereocenters. The van der Waals surface area contributed by atoms with E-state index in [1.54, 1.807) is 0 Å².